The molecule has 1 heterocycles. The number of carbonyl (C=O) groups is 1. The van der Waals surface area contributed by atoms with Crippen LogP contribution in [0.3, 0.4) is 0 Å². The van der Waals surface area contributed by atoms with E-state index in [2.05, 4.69) is 4.98 Å². The summed E-state index contributed by atoms with van der Waals surface area (Å²) in [5.41, 5.74) is 0.112. The van der Waals surface area contributed by atoms with Crippen molar-refractivity contribution in [3.05, 3.63) is 29.8 Å². The molecule has 1 aliphatic carbocycles. The summed E-state index contributed by atoms with van der Waals surface area (Å²) in [7, 11) is 1.74. The lowest BCUT2D eigenvalue weighted by molar-refractivity contribution is 0.0768. The lowest BCUT2D eigenvalue weighted by Crippen LogP contribution is -2.31. The molecular weight excluding hydrogens is 219 g/mol. The van der Waals surface area contributed by atoms with E-state index in [4.69, 9.17) is 0 Å². The minimum absolute atomic E-state index is 0.112. The van der Waals surface area contributed by atoms with Gasteiger partial charge in [0, 0.05) is 19.8 Å². The lowest BCUT2D eigenvalue weighted by Gasteiger charge is -2.21. The third kappa shape index (κ3) is 2.81. The zero-order chi connectivity index (χ0) is 12.3. The first-order valence-electron chi connectivity index (χ1n) is 6.03. The molecule has 0 saturated heterocycles. The Balaban J connectivity index is 2.01. The summed E-state index contributed by atoms with van der Waals surface area (Å²) in [4.78, 5) is 17.3. The van der Waals surface area contributed by atoms with Crippen molar-refractivity contribution >= 4 is 5.91 Å². The van der Waals surface area contributed by atoms with Crippen LogP contribution in [0.2, 0.25) is 0 Å². The summed E-state index contributed by atoms with van der Waals surface area (Å²) in [5.74, 6) is -0.221. The van der Waals surface area contributed by atoms with Crippen LogP contribution in [0.4, 0.5) is 4.39 Å². The van der Waals surface area contributed by atoms with Gasteiger partial charge in [-0.15, -0.1) is 0 Å². The summed E-state index contributed by atoms with van der Waals surface area (Å²) in [6, 6.07) is 1.43. The van der Waals surface area contributed by atoms with E-state index in [1.54, 1.807) is 11.9 Å². The molecule has 0 aromatic carbocycles. The van der Waals surface area contributed by atoms with Crippen LogP contribution in [0.5, 0.6) is 0 Å². The van der Waals surface area contributed by atoms with E-state index in [0.29, 0.717) is 5.92 Å². The maximum absolute atomic E-state index is 13.4. The second-order valence-electron chi connectivity index (χ2n) is 4.69. The summed E-state index contributed by atoms with van der Waals surface area (Å²) in [5, 5.41) is 0. The van der Waals surface area contributed by atoms with Gasteiger partial charge in [-0.1, -0.05) is 12.8 Å². The van der Waals surface area contributed by atoms with Crippen LogP contribution in [0, 0.1) is 11.7 Å². The van der Waals surface area contributed by atoms with Gasteiger partial charge in [-0.2, -0.15) is 0 Å². The SMILES string of the molecule is CN(CC1CCCC1)C(=O)c1ccncc1F. The van der Waals surface area contributed by atoms with E-state index in [1.807, 2.05) is 0 Å². The Morgan fingerprint density at radius 3 is 2.88 bits per heavy atom. The third-order valence-corrected chi connectivity index (χ3v) is 3.36. The molecule has 0 aliphatic heterocycles. The Labute approximate surface area is 101 Å². The molecule has 92 valence electrons. The summed E-state index contributed by atoms with van der Waals surface area (Å²) in [6.07, 6.45) is 7.37. The second kappa shape index (κ2) is 5.25. The molecule has 1 aromatic rings. The highest BCUT2D eigenvalue weighted by atomic mass is 19.1. The van der Waals surface area contributed by atoms with Gasteiger partial charge in [-0.05, 0) is 24.8 Å². The van der Waals surface area contributed by atoms with Crippen LogP contribution in [-0.2, 0) is 0 Å². The van der Waals surface area contributed by atoms with Gasteiger partial charge in [-0.3, -0.25) is 9.78 Å². The molecule has 0 atom stereocenters. The smallest absolute Gasteiger partial charge is 0.256 e. The van der Waals surface area contributed by atoms with Gasteiger partial charge in [-0.25, -0.2) is 4.39 Å². The minimum atomic E-state index is -0.546. The first-order chi connectivity index (χ1) is 8.18. The molecule has 0 N–H and O–H groups in total. The van der Waals surface area contributed by atoms with Crippen LogP contribution < -0.4 is 0 Å². The Morgan fingerprint density at radius 2 is 2.24 bits per heavy atom. The van der Waals surface area contributed by atoms with Crippen molar-refractivity contribution in [2.24, 2.45) is 5.92 Å². The fraction of sp³-hybridized carbons (Fsp3) is 0.538. The summed E-state index contributed by atoms with van der Waals surface area (Å²) in [6.45, 7) is 0.723. The molecule has 1 amide bonds. The minimum Gasteiger partial charge on any atom is -0.341 e. The Kier molecular flexibility index (Phi) is 3.71. The molecular formula is C13H17FN2O. The summed E-state index contributed by atoms with van der Waals surface area (Å²) < 4.78 is 13.4. The van der Waals surface area contributed by atoms with Crippen LogP contribution in [0.15, 0.2) is 18.5 Å². The highest BCUT2D eigenvalue weighted by Gasteiger charge is 2.21. The average Bonchev–Trinajstić information content (AvgIpc) is 2.81. The average molecular weight is 236 g/mol. The van der Waals surface area contributed by atoms with Gasteiger partial charge in [0.15, 0.2) is 5.82 Å². The number of rotatable bonds is 3. The maximum Gasteiger partial charge on any atom is 0.256 e. The first-order valence-corrected chi connectivity index (χ1v) is 6.03. The largest absolute Gasteiger partial charge is 0.341 e. The van der Waals surface area contributed by atoms with Crippen LogP contribution in [0.1, 0.15) is 36.0 Å². The van der Waals surface area contributed by atoms with E-state index in [9.17, 15) is 9.18 Å². The third-order valence-electron chi connectivity index (χ3n) is 3.36. The number of hydrogen-bond donors (Lipinski definition) is 0. The predicted octanol–water partition coefficient (Wildman–Crippen LogP) is 2.48. The quantitative estimate of drug-likeness (QED) is 0.807. The fourth-order valence-electron chi connectivity index (χ4n) is 2.42. The van der Waals surface area contributed by atoms with Gasteiger partial charge < -0.3 is 4.90 Å². The Bertz CT molecular complexity index is 402. The molecule has 2 rings (SSSR count). The standard InChI is InChI=1S/C13H17FN2O/c1-16(9-10-4-2-3-5-10)13(17)11-6-7-15-8-12(11)14/h6-8,10H,2-5,9H2,1H3. The van der Waals surface area contributed by atoms with E-state index in [-0.39, 0.29) is 11.5 Å². The van der Waals surface area contributed by atoms with Crippen molar-refractivity contribution in [3.8, 4) is 0 Å². The maximum atomic E-state index is 13.4. The van der Waals surface area contributed by atoms with E-state index in [1.165, 1.54) is 37.9 Å². The Morgan fingerprint density at radius 1 is 1.53 bits per heavy atom. The molecule has 3 nitrogen and oxygen atoms in total. The summed E-state index contributed by atoms with van der Waals surface area (Å²) >= 11 is 0. The molecule has 0 spiro atoms. The number of amides is 1. The molecule has 1 aromatic heterocycles. The van der Waals surface area contributed by atoms with Crippen molar-refractivity contribution < 1.29 is 9.18 Å². The van der Waals surface area contributed by atoms with Crippen molar-refractivity contribution in [2.45, 2.75) is 25.7 Å². The monoisotopic (exact) mass is 236 g/mol. The zero-order valence-corrected chi connectivity index (χ0v) is 10.0. The van der Waals surface area contributed by atoms with Crippen molar-refractivity contribution in [2.75, 3.05) is 13.6 Å². The van der Waals surface area contributed by atoms with E-state index < -0.39 is 5.82 Å². The molecule has 1 saturated carbocycles. The van der Waals surface area contributed by atoms with Crippen LogP contribution in [0.25, 0.3) is 0 Å². The van der Waals surface area contributed by atoms with Gasteiger partial charge >= 0.3 is 0 Å². The number of nitrogens with zero attached hydrogens (tertiary/aromatic N) is 2. The highest BCUT2D eigenvalue weighted by Crippen LogP contribution is 2.25. The number of hydrogen-bond acceptors (Lipinski definition) is 2. The number of carbonyl (C=O) groups excluding carboxylic acids is 1. The zero-order valence-electron chi connectivity index (χ0n) is 10.0. The highest BCUT2D eigenvalue weighted by molar-refractivity contribution is 5.94. The van der Waals surface area contributed by atoms with Crippen molar-refractivity contribution in [3.63, 3.8) is 0 Å². The number of halogens is 1. The molecule has 1 aliphatic rings. The van der Waals surface area contributed by atoms with Gasteiger partial charge in [0.25, 0.3) is 5.91 Å². The molecule has 17 heavy (non-hydrogen) atoms. The Hall–Kier alpha value is -1.45. The van der Waals surface area contributed by atoms with Crippen LogP contribution in [-0.4, -0.2) is 29.4 Å². The topological polar surface area (TPSA) is 33.2 Å². The van der Waals surface area contributed by atoms with Crippen molar-refractivity contribution in [1.29, 1.82) is 0 Å². The molecule has 0 radical (unpaired) electrons. The molecule has 0 unspecified atom stereocenters. The number of pyridine rings is 1. The van der Waals surface area contributed by atoms with Gasteiger partial charge in [0.2, 0.25) is 0 Å². The van der Waals surface area contributed by atoms with Gasteiger partial charge in [0.1, 0.15) is 0 Å². The van der Waals surface area contributed by atoms with Gasteiger partial charge in [0.05, 0.1) is 11.8 Å². The second-order valence-corrected chi connectivity index (χ2v) is 4.69. The van der Waals surface area contributed by atoms with E-state index in [0.717, 1.165) is 12.7 Å². The fourth-order valence-corrected chi connectivity index (χ4v) is 2.42. The molecule has 4 heteroatoms. The first kappa shape index (κ1) is 12.0. The lowest BCUT2D eigenvalue weighted by atomic mass is 10.1. The number of aromatic nitrogens is 1. The molecule has 1 fully saturated rings. The van der Waals surface area contributed by atoms with Crippen molar-refractivity contribution in [1.82, 2.24) is 9.88 Å². The van der Waals surface area contributed by atoms with Crippen LogP contribution >= 0.6 is 0 Å². The van der Waals surface area contributed by atoms with E-state index >= 15 is 0 Å². The normalized spacial score (nSPS) is 16.1. The molecule has 0 bridgehead atoms. The predicted molar refractivity (Wildman–Crippen MR) is 63.1 cm³/mol.